The summed E-state index contributed by atoms with van der Waals surface area (Å²) >= 11 is 5.98. The van der Waals surface area contributed by atoms with Gasteiger partial charge in [-0.1, -0.05) is 17.7 Å². The third kappa shape index (κ3) is 4.21. The number of aromatic nitrogens is 2. The summed E-state index contributed by atoms with van der Waals surface area (Å²) in [5.74, 6) is 2.47. The average molecular weight is 458 g/mol. The van der Waals surface area contributed by atoms with Gasteiger partial charge in [0.25, 0.3) is 0 Å². The molecule has 0 saturated heterocycles. The molecule has 5 rings (SSSR count). The second kappa shape index (κ2) is 8.84. The monoisotopic (exact) mass is 457 g/mol. The molecule has 33 heavy (non-hydrogen) atoms. The van der Waals surface area contributed by atoms with Gasteiger partial charge in [0, 0.05) is 22.3 Å². The first-order valence-electron chi connectivity index (χ1n) is 10.5. The van der Waals surface area contributed by atoms with Crippen LogP contribution in [0.2, 0.25) is 5.02 Å². The van der Waals surface area contributed by atoms with Crippen LogP contribution >= 0.6 is 11.6 Å². The van der Waals surface area contributed by atoms with Crippen molar-refractivity contribution >= 4 is 29.3 Å². The third-order valence-electron chi connectivity index (χ3n) is 5.11. The van der Waals surface area contributed by atoms with E-state index in [0.29, 0.717) is 34.7 Å². The van der Waals surface area contributed by atoms with Crippen molar-refractivity contribution < 1.29 is 14.3 Å². The molecule has 7 heteroatoms. The van der Waals surface area contributed by atoms with E-state index in [2.05, 4.69) is 0 Å². The molecule has 0 fully saturated rings. The minimum Gasteiger partial charge on any atom is -0.504 e. The zero-order valence-electron chi connectivity index (χ0n) is 17.8. The van der Waals surface area contributed by atoms with E-state index >= 15 is 0 Å². The second-order valence-corrected chi connectivity index (χ2v) is 7.73. The summed E-state index contributed by atoms with van der Waals surface area (Å²) in [6, 6.07) is 22.2. The lowest BCUT2D eigenvalue weighted by Gasteiger charge is -2.07. The lowest BCUT2D eigenvalue weighted by atomic mass is 10.1. The largest absolute Gasteiger partial charge is 0.504 e. The number of nitrogens with zero attached hydrogens (tertiary/aromatic N) is 3. The van der Waals surface area contributed by atoms with Crippen LogP contribution in [0.4, 0.5) is 5.82 Å². The molecule has 0 spiro atoms. The standard InChI is InChI=1S/C26H20ClN3O3/c1-2-32-23-15-18(8-12-21(23)31)25-26(30-14-4-3-5-24(30)29-25)28-16-20-11-13-22(33-20)17-6-9-19(27)10-7-17/h3-16,31H,2H2,1H3. The van der Waals surface area contributed by atoms with Crippen LogP contribution in [0.1, 0.15) is 12.7 Å². The molecule has 0 bridgehead atoms. The number of hydrogen-bond donors (Lipinski definition) is 1. The van der Waals surface area contributed by atoms with Gasteiger partial charge in [-0.3, -0.25) is 4.40 Å². The summed E-state index contributed by atoms with van der Waals surface area (Å²) in [6.45, 7) is 2.32. The van der Waals surface area contributed by atoms with Crippen molar-refractivity contribution in [1.82, 2.24) is 9.38 Å². The first-order valence-corrected chi connectivity index (χ1v) is 10.8. The molecule has 0 radical (unpaired) electrons. The Bertz CT molecular complexity index is 1450. The van der Waals surface area contributed by atoms with Gasteiger partial charge in [0.1, 0.15) is 22.9 Å². The van der Waals surface area contributed by atoms with Gasteiger partial charge < -0.3 is 14.3 Å². The summed E-state index contributed by atoms with van der Waals surface area (Å²) in [7, 11) is 0. The van der Waals surface area contributed by atoms with Crippen molar-refractivity contribution in [3.63, 3.8) is 0 Å². The van der Waals surface area contributed by atoms with Crippen LogP contribution < -0.4 is 4.74 Å². The maximum Gasteiger partial charge on any atom is 0.165 e. The summed E-state index contributed by atoms with van der Waals surface area (Å²) < 4.78 is 13.4. The highest BCUT2D eigenvalue weighted by molar-refractivity contribution is 6.30. The zero-order valence-corrected chi connectivity index (χ0v) is 18.5. The smallest absolute Gasteiger partial charge is 0.165 e. The fourth-order valence-electron chi connectivity index (χ4n) is 3.55. The molecule has 0 aliphatic carbocycles. The molecule has 0 aliphatic rings. The maximum atomic E-state index is 10.1. The Kier molecular flexibility index (Phi) is 5.59. The summed E-state index contributed by atoms with van der Waals surface area (Å²) in [5.41, 5.74) is 3.14. The molecule has 3 heterocycles. The number of hydrogen-bond acceptors (Lipinski definition) is 5. The molecule has 5 aromatic rings. The fourth-order valence-corrected chi connectivity index (χ4v) is 3.67. The van der Waals surface area contributed by atoms with E-state index in [1.54, 1.807) is 24.4 Å². The van der Waals surface area contributed by atoms with Crippen LogP contribution in [-0.2, 0) is 0 Å². The van der Waals surface area contributed by atoms with Gasteiger partial charge in [-0.05, 0) is 73.7 Å². The Labute approximate surface area is 195 Å². The van der Waals surface area contributed by atoms with Crippen LogP contribution in [0.5, 0.6) is 11.5 Å². The molecule has 0 aliphatic heterocycles. The quantitative estimate of drug-likeness (QED) is 0.285. The number of furan rings is 1. The number of imidazole rings is 1. The lowest BCUT2D eigenvalue weighted by Crippen LogP contribution is -1.92. The second-order valence-electron chi connectivity index (χ2n) is 7.30. The Balaban J connectivity index is 1.54. The minimum atomic E-state index is 0.0831. The Hall–Kier alpha value is -4.03. The molecular formula is C26H20ClN3O3. The van der Waals surface area contributed by atoms with Crippen molar-refractivity contribution in [2.45, 2.75) is 6.92 Å². The lowest BCUT2D eigenvalue weighted by molar-refractivity contribution is 0.318. The Morgan fingerprint density at radius 3 is 2.70 bits per heavy atom. The number of aliphatic imine (C=N–C) groups is 1. The average Bonchev–Trinajstić information content (AvgIpc) is 3.45. The van der Waals surface area contributed by atoms with E-state index in [1.165, 1.54) is 0 Å². The van der Waals surface area contributed by atoms with Crippen molar-refractivity contribution in [3.05, 3.63) is 89.8 Å². The van der Waals surface area contributed by atoms with Crippen LogP contribution in [0.15, 0.2) is 88.4 Å². The minimum absolute atomic E-state index is 0.0831. The number of phenols is 1. The van der Waals surface area contributed by atoms with Crippen LogP contribution in [-0.4, -0.2) is 27.3 Å². The van der Waals surface area contributed by atoms with Crippen molar-refractivity contribution in [2.24, 2.45) is 4.99 Å². The summed E-state index contributed by atoms with van der Waals surface area (Å²) in [4.78, 5) is 9.47. The van der Waals surface area contributed by atoms with Crippen LogP contribution in [0, 0.1) is 0 Å². The van der Waals surface area contributed by atoms with Crippen LogP contribution in [0.3, 0.4) is 0 Å². The van der Waals surface area contributed by atoms with E-state index in [9.17, 15) is 5.11 Å². The van der Waals surface area contributed by atoms with E-state index in [4.69, 9.17) is 30.7 Å². The third-order valence-corrected chi connectivity index (χ3v) is 5.36. The molecule has 0 unspecified atom stereocenters. The molecule has 6 nitrogen and oxygen atoms in total. The number of fused-ring (bicyclic) bond motifs is 1. The van der Waals surface area contributed by atoms with Crippen molar-refractivity contribution in [1.29, 1.82) is 0 Å². The van der Waals surface area contributed by atoms with Gasteiger partial charge in [-0.25, -0.2) is 9.98 Å². The number of pyridine rings is 1. The SMILES string of the molecule is CCOc1cc(-c2nc3ccccn3c2N=Cc2ccc(-c3ccc(Cl)cc3)o2)ccc1O. The number of phenolic OH excluding ortho intramolecular Hbond substituents is 1. The summed E-state index contributed by atoms with van der Waals surface area (Å²) in [6.07, 6.45) is 3.58. The van der Waals surface area contributed by atoms with Gasteiger partial charge in [-0.2, -0.15) is 0 Å². The molecule has 3 aromatic heterocycles. The Morgan fingerprint density at radius 1 is 1.06 bits per heavy atom. The normalized spacial score (nSPS) is 11.5. The van der Waals surface area contributed by atoms with Gasteiger partial charge in [0.2, 0.25) is 0 Å². The number of ether oxygens (including phenoxy) is 1. The predicted octanol–water partition coefficient (Wildman–Crippen LogP) is 6.77. The van der Waals surface area contributed by atoms with Crippen LogP contribution in [0.25, 0.3) is 28.2 Å². The predicted molar refractivity (Wildman–Crippen MR) is 130 cm³/mol. The van der Waals surface area contributed by atoms with Gasteiger partial charge in [-0.15, -0.1) is 0 Å². The molecule has 0 amide bonds. The van der Waals surface area contributed by atoms with Crippen molar-refractivity contribution in [3.8, 4) is 34.1 Å². The van der Waals surface area contributed by atoms with Crippen molar-refractivity contribution in [2.75, 3.05) is 6.61 Å². The molecule has 0 saturated carbocycles. The van der Waals surface area contributed by atoms with E-state index < -0.39 is 0 Å². The van der Waals surface area contributed by atoms with Gasteiger partial charge >= 0.3 is 0 Å². The molecule has 2 aromatic carbocycles. The first-order chi connectivity index (χ1) is 16.1. The van der Waals surface area contributed by atoms with E-state index in [1.807, 2.05) is 72.1 Å². The molecule has 0 atom stereocenters. The summed E-state index contributed by atoms with van der Waals surface area (Å²) in [5, 5.41) is 10.8. The molecular weight excluding hydrogens is 438 g/mol. The van der Waals surface area contributed by atoms with E-state index in [0.717, 1.165) is 22.5 Å². The number of rotatable bonds is 6. The Morgan fingerprint density at radius 2 is 1.88 bits per heavy atom. The van der Waals surface area contributed by atoms with Gasteiger partial charge in [0.15, 0.2) is 17.3 Å². The highest BCUT2D eigenvalue weighted by Crippen LogP contribution is 2.36. The van der Waals surface area contributed by atoms with Gasteiger partial charge in [0.05, 0.1) is 12.8 Å². The topological polar surface area (TPSA) is 72.3 Å². The zero-order chi connectivity index (χ0) is 22.8. The highest BCUT2D eigenvalue weighted by atomic mass is 35.5. The highest BCUT2D eigenvalue weighted by Gasteiger charge is 2.15. The molecule has 164 valence electrons. The number of halogens is 1. The fraction of sp³-hybridized carbons (Fsp3) is 0.0769. The number of aromatic hydroxyl groups is 1. The number of benzene rings is 2. The maximum absolute atomic E-state index is 10.1. The van der Waals surface area contributed by atoms with E-state index in [-0.39, 0.29) is 5.75 Å². The first kappa shape index (κ1) is 20.8. The molecule has 1 N–H and O–H groups in total.